The summed E-state index contributed by atoms with van der Waals surface area (Å²) in [7, 11) is 0. The van der Waals surface area contributed by atoms with Crippen molar-refractivity contribution in [3.8, 4) is 34.5 Å². The van der Waals surface area contributed by atoms with Crippen molar-refractivity contribution in [3.05, 3.63) is 59.2 Å². The predicted octanol–water partition coefficient (Wildman–Crippen LogP) is 10.0. The number of aromatic hydroxyl groups is 2. The summed E-state index contributed by atoms with van der Waals surface area (Å²) in [6.45, 7) is 9.67. The second kappa shape index (κ2) is 10.3. The first-order valence-corrected chi connectivity index (χ1v) is 18.9. The Kier molecular flexibility index (Phi) is 6.62. The van der Waals surface area contributed by atoms with Crippen LogP contribution < -0.4 is 20.9 Å². The van der Waals surface area contributed by atoms with Crippen molar-refractivity contribution in [2.45, 2.75) is 116 Å². The third kappa shape index (κ3) is 5.25. The Morgan fingerprint density at radius 3 is 1.29 bits per heavy atom. The number of aromatic carboxylic acids is 1. The number of hydrogen-bond acceptors (Lipinski definition) is 7. The molecule has 0 aromatic heterocycles. The van der Waals surface area contributed by atoms with Gasteiger partial charge < -0.3 is 36.3 Å². The van der Waals surface area contributed by atoms with E-state index in [1.54, 1.807) is 18.2 Å². The van der Waals surface area contributed by atoms with Crippen molar-refractivity contribution in [1.29, 1.82) is 0 Å². The normalized spacial score (nSPS) is 38.6. The number of carboxylic acids is 1. The maximum absolute atomic E-state index is 12.5. The number of ether oxygens (including phenoxy) is 2. The largest absolute Gasteiger partial charge is 0.506 e. The van der Waals surface area contributed by atoms with Crippen molar-refractivity contribution < 1.29 is 29.6 Å². The number of anilines is 2. The minimum absolute atomic E-state index is 0.00888. The molecule has 8 saturated carbocycles. The van der Waals surface area contributed by atoms with E-state index < -0.39 is 5.97 Å². The number of carbonyl (C=O) groups is 1. The molecule has 0 spiro atoms. The number of nitrogens with two attached hydrogens (primary N) is 2. The number of carboxylic acid groups (broad SMARTS) is 1. The molecule has 8 aliphatic carbocycles. The molecular formula is C43H52N2O6. The van der Waals surface area contributed by atoms with E-state index in [-0.39, 0.29) is 61.1 Å². The molecule has 0 heterocycles. The van der Waals surface area contributed by atoms with E-state index in [4.69, 9.17) is 20.9 Å². The highest BCUT2D eigenvalue weighted by molar-refractivity contribution is 5.88. The first kappa shape index (κ1) is 32.8. The highest BCUT2D eigenvalue weighted by atomic mass is 16.5. The van der Waals surface area contributed by atoms with Gasteiger partial charge in [-0.1, -0.05) is 27.7 Å². The van der Waals surface area contributed by atoms with Crippen molar-refractivity contribution >= 4 is 17.3 Å². The fraction of sp³-hybridized carbons (Fsp3) is 0.558. The molecule has 8 bridgehead atoms. The zero-order valence-electron chi connectivity index (χ0n) is 30.4. The quantitative estimate of drug-likeness (QED) is 0.121. The van der Waals surface area contributed by atoms with Crippen molar-refractivity contribution in [3.63, 3.8) is 0 Å². The molecule has 0 amide bonds. The Morgan fingerprint density at radius 1 is 0.588 bits per heavy atom. The number of nitrogen functional groups attached to an aromatic ring is 2. The van der Waals surface area contributed by atoms with Crippen LogP contribution in [0.4, 0.5) is 11.4 Å². The van der Waals surface area contributed by atoms with E-state index in [0.717, 1.165) is 49.7 Å². The molecule has 3 aromatic rings. The van der Waals surface area contributed by atoms with E-state index in [9.17, 15) is 20.1 Å². The summed E-state index contributed by atoms with van der Waals surface area (Å²) < 4.78 is 13.3. The zero-order chi connectivity index (χ0) is 35.9. The van der Waals surface area contributed by atoms with Gasteiger partial charge in [-0.2, -0.15) is 0 Å². The van der Waals surface area contributed by atoms with Crippen LogP contribution in [0.25, 0.3) is 0 Å². The number of hydrogen-bond donors (Lipinski definition) is 5. The van der Waals surface area contributed by atoms with E-state index >= 15 is 0 Å². The molecular weight excluding hydrogens is 640 g/mol. The molecule has 8 nitrogen and oxygen atoms in total. The van der Waals surface area contributed by atoms with E-state index in [1.165, 1.54) is 50.7 Å². The number of phenolic OH excluding ortho intramolecular Hbond substituents is 2. The first-order chi connectivity index (χ1) is 23.9. The Morgan fingerprint density at radius 2 is 0.961 bits per heavy atom. The van der Waals surface area contributed by atoms with Crippen LogP contribution in [-0.4, -0.2) is 21.3 Å². The molecule has 11 rings (SSSR count). The molecule has 0 saturated heterocycles. The molecule has 0 radical (unpaired) electrons. The zero-order valence-corrected chi connectivity index (χ0v) is 30.4. The molecule has 51 heavy (non-hydrogen) atoms. The van der Waals surface area contributed by atoms with Gasteiger partial charge >= 0.3 is 5.97 Å². The van der Waals surface area contributed by atoms with Crippen LogP contribution in [-0.2, 0) is 10.8 Å². The highest BCUT2D eigenvalue weighted by Gasteiger charge is 2.62. The molecule has 7 N–H and O–H groups in total. The fourth-order valence-corrected chi connectivity index (χ4v) is 14.7. The summed E-state index contributed by atoms with van der Waals surface area (Å²) in [5.74, 6) is 1.55. The van der Waals surface area contributed by atoms with E-state index in [1.807, 2.05) is 12.1 Å². The standard InChI is InChI=1S/C43H52N2O6/c1-38-12-24-13-39(2,18-38)21-42(16-24,20-38)29-8-31(44)33(46)10-35(29)50-27-5-26(37(48)49)6-28(7-27)51-36-11-34(47)32(45)9-30(36)43-17-25-14-40(3,22-43)19-41(4,15-25)23-43/h5-11,24-25,46-47H,12-23,44-45H2,1-4H3,(H,48,49). The monoisotopic (exact) mass is 692 g/mol. The minimum atomic E-state index is -1.12. The van der Waals surface area contributed by atoms with Crippen LogP contribution in [0.2, 0.25) is 0 Å². The van der Waals surface area contributed by atoms with Gasteiger partial charge in [0.15, 0.2) is 0 Å². The molecule has 0 aliphatic heterocycles. The van der Waals surface area contributed by atoms with Gasteiger partial charge in [-0.15, -0.1) is 0 Å². The molecule has 8 heteroatoms. The van der Waals surface area contributed by atoms with Crippen LogP contribution in [0.1, 0.15) is 126 Å². The van der Waals surface area contributed by atoms with Gasteiger partial charge in [0, 0.05) is 40.2 Å². The molecule has 8 fully saturated rings. The highest BCUT2D eigenvalue weighted by Crippen LogP contribution is 2.72. The minimum Gasteiger partial charge on any atom is -0.506 e. The summed E-state index contributed by atoms with van der Waals surface area (Å²) in [6, 6.07) is 11.6. The average Bonchev–Trinajstić information content (AvgIpc) is 2.96. The summed E-state index contributed by atoms with van der Waals surface area (Å²) in [5, 5.41) is 31.9. The third-order valence-electron chi connectivity index (χ3n) is 14.2. The van der Waals surface area contributed by atoms with Gasteiger partial charge in [-0.3, -0.25) is 0 Å². The smallest absolute Gasteiger partial charge is 0.335 e. The lowest BCUT2D eigenvalue weighted by atomic mass is 9.39. The molecule has 270 valence electrons. The summed E-state index contributed by atoms with van der Waals surface area (Å²) in [5.41, 5.74) is 16.0. The Balaban J connectivity index is 1.11. The summed E-state index contributed by atoms with van der Waals surface area (Å²) in [6.07, 6.45) is 13.6. The number of benzene rings is 3. The Hall–Kier alpha value is -4.07. The number of phenols is 2. The lowest BCUT2D eigenvalue weighted by Crippen LogP contribution is -2.56. The van der Waals surface area contributed by atoms with Gasteiger partial charge in [-0.05, 0) is 135 Å². The SMILES string of the molecule is CC12CC3CC(C)(C1)CC(c1cc(N)c(O)cc1Oc1cc(Oc4cc(O)c(N)cc4C45CC6CC(C)(CC(C)(C6)C4)C5)cc(C(=O)O)c1)(C3)C2. The predicted molar refractivity (Wildman–Crippen MR) is 197 cm³/mol. The van der Waals surface area contributed by atoms with Crippen LogP contribution in [0.5, 0.6) is 34.5 Å². The first-order valence-electron chi connectivity index (χ1n) is 18.9. The third-order valence-corrected chi connectivity index (χ3v) is 14.2. The average molecular weight is 693 g/mol. The van der Waals surface area contributed by atoms with Gasteiger partial charge in [0.2, 0.25) is 0 Å². The summed E-state index contributed by atoms with van der Waals surface area (Å²) >= 11 is 0. The van der Waals surface area contributed by atoms with Crippen molar-refractivity contribution in [2.24, 2.45) is 33.5 Å². The van der Waals surface area contributed by atoms with E-state index in [0.29, 0.717) is 34.7 Å². The summed E-state index contributed by atoms with van der Waals surface area (Å²) in [4.78, 5) is 12.5. The maximum Gasteiger partial charge on any atom is 0.335 e. The topological polar surface area (TPSA) is 148 Å². The fourth-order valence-electron chi connectivity index (χ4n) is 14.7. The van der Waals surface area contributed by atoms with E-state index in [2.05, 4.69) is 27.7 Å². The van der Waals surface area contributed by atoms with Crippen LogP contribution in [0.15, 0.2) is 42.5 Å². The van der Waals surface area contributed by atoms with Crippen molar-refractivity contribution in [2.75, 3.05) is 11.5 Å². The van der Waals surface area contributed by atoms with Crippen molar-refractivity contribution in [1.82, 2.24) is 0 Å². The van der Waals surface area contributed by atoms with Gasteiger partial charge in [0.1, 0.15) is 34.5 Å². The Bertz CT molecular complexity index is 1840. The van der Waals surface area contributed by atoms with Gasteiger partial charge in [0.05, 0.1) is 16.9 Å². The van der Waals surface area contributed by atoms with Crippen LogP contribution in [0.3, 0.4) is 0 Å². The molecule has 8 aliphatic rings. The van der Waals surface area contributed by atoms with Gasteiger partial charge in [-0.25, -0.2) is 4.79 Å². The lowest BCUT2D eigenvalue weighted by molar-refractivity contribution is -0.110. The maximum atomic E-state index is 12.5. The second-order valence-electron chi connectivity index (χ2n) is 19.8. The second-order valence-corrected chi connectivity index (χ2v) is 19.8. The molecule has 4 unspecified atom stereocenters. The molecule has 4 atom stereocenters. The van der Waals surface area contributed by atoms with Crippen LogP contribution in [0, 0.1) is 33.5 Å². The van der Waals surface area contributed by atoms with Gasteiger partial charge in [0.25, 0.3) is 0 Å². The Labute approximate surface area is 300 Å². The molecule has 3 aromatic carbocycles. The van der Waals surface area contributed by atoms with Crippen LogP contribution >= 0.6 is 0 Å². The number of rotatable bonds is 7. The lowest BCUT2D eigenvalue weighted by Gasteiger charge is -2.65.